The molecule has 0 aliphatic heterocycles. The van der Waals surface area contributed by atoms with Gasteiger partial charge in [-0.1, -0.05) is 35.2 Å². The number of aryl methyl sites for hydroxylation is 1. The molecule has 0 atom stereocenters. The molecular formula is C13H12ClFOS. The summed E-state index contributed by atoms with van der Waals surface area (Å²) in [4.78, 5) is 10.7. The number of thioether (sulfide) groups is 1. The molecule has 1 nitrogen and oxygen atoms in total. The molecule has 0 saturated carbocycles. The predicted octanol–water partition coefficient (Wildman–Crippen LogP) is 3.81. The maximum Gasteiger partial charge on any atom is 0.185 e. The van der Waals surface area contributed by atoms with Crippen molar-refractivity contribution in [3.63, 3.8) is 0 Å². The molecule has 0 fully saturated rings. The fraction of sp³-hybridized carbons (Fsp3) is 0.308. The van der Waals surface area contributed by atoms with Gasteiger partial charge < -0.3 is 0 Å². The first kappa shape index (κ1) is 14.1. The smallest absolute Gasteiger partial charge is 0.185 e. The lowest BCUT2D eigenvalue weighted by atomic mass is 10.1. The Kier molecular flexibility index (Phi) is 5.54. The number of halogens is 2. The van der Waals surface area contributed by atoms with E-state index in [1.165, 1.54) is 24.8 Å². The van der Waals surface area contributed by atoms with Crippen LogP contribution in [-0.2, 0) is 4.79 Å². The van der Waals surface area contributed by atoms with Crippen molar-refractivity contribution in [3.8, 4) is 11.8 Å². The normalized spacial score (nSPS) is 9.65. The Morgan fingerprint density at radius 2 is 2.24 bits per heavy atom. The zero-order valence-corrected chi connectivity index (χ0v) is 11.2. The lowest BCUT2D eigenvalue weighted by Crippen LogP contribution is -1.87. The van der Waals surface area contributed by atoms with Crippen molar-refractivity contribution < 1.29 is 9.18 Å². The number of hydrogen-bond donors (Lipinski definition) is 0. The Hall–Kier alpha value is -0.980. The summed E-state index contributed by atoms with van der Waals surface area (Å²) in [5.41, 5.74) is 0.996. The molecule has 0 saturated heterocycles. The lowest BCUT2D eigenvalue weighted by molar-refractivity contribution is -0.109. The first-order chi connectivity index (χ1) is 8.00. The molecule has 1 aromatic rings. The molecule has 90 valence electrons. The van der Waals surface area contributed by atoms with Crippen LogP contribution < -0.4 is 0 Å². The molecule has 0 unspecified atom stereocenters. The zero-order valence-electron chi connectivity index (χ0n) is 9.64. The highest BCUT2D eigenvalue weighted by atomic mass is 35.5. The van der Waals surface area contributed by atoms with Gasteiger partial charge in [-0.05, 0) is 24.6 Å². The predicted molar refractivity (Wildman–Crippen MR) is 70.8 cm³/mol. The van der Waals surface area contributed by atoms with Gasteiger partial charge in [0.15, 0.2) is 5.12 Å². The van der Waals surface area contributed by atoms with E-state index >= 15 is 0 Å². The number of benzene rings is 1. The highest BCUT2D eigenvalue weighted by Gasteiger charge is 2.03. The second kappa shape index (κ2) is 6.68. The number of hydrogen-bond acceptors (Lipinski definition) is 2. The van der Waals surface area contributed by atoms with E-state index in [-0.39, 0.29) is 10.9 Å². The molecule has 1 rings (SSSR count). The molecule has 0 amide bonds. The van der Waals surface area contributed by atoms with Gasteiger partial charge in [0.2, 0.25) is 0 Å². The second-order valence-corrected chi connectivity index (χ2v) is 5.15. The molecule has 0 aliphatic carbocycles. The van der Waals surface area contributed by atoms with Crippen LogP contribution in [-0.4, -0.2) is 10.9 Å². The lowest BCUT2D eigenvalue weighted by Gasteiger charge is -1.99. The fourth-order valence-electron chi connectivity index (χ4n) is 1.15. The first-order valence-electron chi connectivity index (χ1n) is 5.08. The van der Waals surface area contributed by atoms with Gasteiger partial charge in [0.25, 0.3) is 0 Å². The summed E-state index contributed by atoms with van der Waals surface area (Å²) in [5, 5.41) is 0.529. The summed E-state index contributed by atoms with van der Waals surface area (Å²) in [7, 11) is 0. The minimum atomic E-state index is -0.309. The third-order valence-corrected chi connectivity index (χ3v) is 3.13. The van der Waals surface area contributed by atoms with E-state index in [1.807, 2.05) is 0 Å². The Morgan fingerprint density at radius 1 is 1.53 bits per heavy atom. The van der Waals surface area contributed by atoms with E-state index < -0.39 is 0 Å². The largest absolute Gasteiger partial charge is 0.288 e. The maximum absolute atomic E-state index is 13.3. The summed E-state index contributed by atoms with van der Waals surface area (Å²) >= 11 is 7.16. The Morgan fingerprint density at radius 3 is 2.88 bits per heavy atom. The van der Waals surface area contributed by atoms with E-state index in [9.17, 15) is 9.18 Å². The van der Waals surface area contributed by atoms with Crippen molar-refractivity contribution in [2.75, 3.05) is 5.75 Å². The maximum atomic E-state index is 13.3. The van der Waals surface area contributed by atoms with Gasteiger partial charge in [0.05, 0.1) is 5.02 Å². The summed E-state index contributed by atoms with van der Waals surface area (Å²) < 4.78 is 13.3. The Labute approximate surface area is 110 Å². The molecule has 0 aliphatic rings. The minimum absolute atomic E-state index is 0.0752. The second-order valence-electron chi connectivity index (χ2n) is 3.47. The summed E-state index contributed by atoms with van der Waals surface area (Å²) in [6, 6.07) is 2.90. The average Bonchev–Trinajstić information content (AvgIpc) is 2.24. The van der Waals surface area contributed by atoms with Crippen LogP contribution in [0.5, 0.6) is 0 Å². The monoisotopic (exact) mass is 270 g/mol. The Balaban J connectivity index is 2.66. The SMILES string of the molecule is CC(=O)SCCC#Cc1cc(F)c(C)cc1Cl. The van der Waals surface area contributed by atoms with Gasteiger partial charge in [-0.2, -0.15) is 0 Å². The summed E-state index contributed by atoms with van der Waals surface area (Å²) in [6.07, 6.45) is 0.579. The van der Waals surface area contributed by atoms with Crippen LogP contribution >= 0.6 is 23.4 Å². The quantitative estimate of drug-likeness (QED) is 0.600. The molecule has 0 N–H and O–H groups in total. The molecule has 0 aromatic heterocycles. The third-order valence-electron chi connectivity index (χ3n) is 2.00. The molecule has 0 radical (unpaired) electrons. The summed E-state index contributed by atoms with van der Waals surface area (Å²) in [5.74, 6) is 6.02. The molecule has 0 spiro atoms. The minimum Gasteiger partial charge on any atom is -0.288 e. The first-order valence-corrected chi connectivity index (χ1v) is 6.45. The van der Waals surface area contributed by atoms with Gasteiger partial charge in [-0.3, -0.25) is 4.79 Å². The van der Waals surface area contributed by atoms with Crippen LogP contribution in [0.25, 0.3) is 0 Å². The van der Waals surface area contributed by atoms with Crippen molar-refractivity contribution in [2.24, 2.45) is 0 Å². The Bertz CT molecular complexity index is 488. The van der Waals surface area contributed by atoms with Crippen LogP contribution in [0.15, 0.2) is 12.1 Å². The number of rotatable bonds is 2. The fourth-order valence-corrected chi connectivity index (χ4v) is 1.90. The highest BCUT2D eigenvalue weighted by Crippen LogP contribution is 2.19. The van der Waals surface area contributed by atoms with Gasteiger partial charge in [0.1, 0.15) is 5.82 Å². The van der Waals surface area contributed by atoms with Gasteiger partial charge in [0, 0.05) is 24.7 Å². The summed E-state index contributed by atoms with van der Waals surface area (Å²) in [6.45, 7) is 3.17. The van der Waals surface area contributed by atoms with Gasteiger partial charge >= 0.3 is 0 Å². The molecule has 0 bridgehead atoms. The number of carbonyl (C=O) groups is 1. The van der Waals surface area contributed by atoms with E-state index in [2.05, 4.69) is 11.8 Å². The zero-order chi connectivity index (χ0) is 12.8. The third kappa shape index (κ3) is 4.80. The topological polar surface area (TPSA) is 17.1 Å². The van der Waals surface area contributed by atoms with Crippen molar-refractivity contribution in [1.29, 1.82) is 0 Å². The standard InChI is InChI=1S/C13H12ClFOS/c1-9-7-12(14)11(8-13(9)15)5-3-4-6-17-10(2)16/h7-8H,4,6H2,1-2H3. The van der Waals surface area contributed by atoms with Crippen LogP contribution in [0.3, 0.4) is 0 Å². The van der Waals surface area contributed by atoms with E-state index in [1.54, 1.807) is 13.0 Å². The number of carbonyl (C=O) groups excluding carboxylic acids is 1. The van der Waals surface area contributed by atoms with E-state index in [0.717, 1.165) is 0 Å². The average molecular weight is 271 g/mol. The van der Waals surface area contributed by atoms with Crippen LogP contribution in [0.4, 0.5) is 4.39 Å². The van der Waals surface area contributed by atoms with Crippen molar-refractivity contribution in [1.82, 2.24) is 0 Å². The van der Waals surface area contributed by atoms with E-state index in [4.69, 9.17) is 11.6 Å². The van der Waals surface area contributed by atoms with Crippen LogP contribution in [0.1, 0.15) is 24.5 Å². The molecule has 17 heavy (non-hydrogen) atoms. The molecule has 0 heterocycles. The highest BCUT2D eigenvalue weighted by molar-refractivity contribution is 8.13. The molecular weight excluding hydrogens is 259 g/mol. The van der Waals surface area contributed by atoms with Crippen LogP contribution in [0, 0.1) is 24.6 Å². The molecule has 4 heteroatoms. The van der Waals surface area contributed by atoms with Crippen molar-refractivity contribution in [3.05, 3.63) is 34.1 Å². The van der Waals surface area contributed by atoms with Crippen molar-refractivity contribution in [2.45, 2.75) is 20.3 Å². The van der Waals surface area contributed by atoms with Crippen LogP contribution in [0.2, 0.25) is 5.02 Å². The van der Waals surface area contributed by atoms with E-state index in [0.29, 0.717) is 28.3 Å². The van der Waals surface area contributed by atoms with Gasteiger partial charge in [-0.15, -0.1) is 0 Å². The van der Waals surface area contributed by atoms with Gasteiger partial charge in [-0.25, -0.2) is 4.39 Å². The molecule has 1 aromatic carbocycles. The van der Waals surface area contributed by atoms with Crippen molar-refractivity contribution >= 4 is 28.5 Å².